The molecule has 3 aromatic rings. The van der Waals surface area contributed by atoms with E-state index < -0.39 is 0 Å². The van der Waals surface area contributed by atoms with Gasteiger partial charge in [-0.1, -0.05) is 6.92 Å². The summed E-state index contributed by atoms with van der Waals surface area (Å²) in [5.41, 5.74) is 3.24. The highest BCUT2D eigenvalue weighted by Crippen LogP contribution is 2.39. The molecule has 0 unspecified atom stereocenters. The molecule has 1 aliphatic carbocycles. The minimum absolute atomic E-state index is 0.536. The van der Waals surface area contributed by atoms with Crippen molar-refractivity contribution in [2.75, 3.05) is 24.6 Å². The van der Waals surface area contributed by atoms with Gasteiger partial charge in [0.15, 0.2) is 5.65 Å². The van der Waals surface area contributed by atoms with Crippen LogP contribution in [0.1, 0.15) is 49.8 Å². The van der Waals surface area contributed by atoms with E-state index in [1.807, 2.05) is 35.2 Å². The molecule has 146 valence electrons. The van der Waals surface area contributed by atoms with Gasteiger partial charge in [0.05, 0.1) is 18.5 Å². The molecule has 0 N–H and O–H groups in total. The van der Waals surface area contributed by atoms with E-state index in [1.165, 1.54) is 18.4 Å². The molecular weight excluding hydrogens is 352 g/mol. The topological polar surface area (TPSA) is 68.4 Å². The number of anilines is 1. The molecule has 7 nitrogen and oxygen atoms in total. The molecule has 1 saturated heterocycles. The van der Waals surface area contributed by atoms with E-state index in [0.717, 1.165) is 49.6 Å². The first-order valence-corrected chi connectivity index (χ1v) is 10.3. The Morgan fingerprint density at radius 1 is 1.07 bits per heavy atom. The first-order valence-electron chi connectivity index (χ1n) is 10.3. The summed E-state index contributed by atoms with van der Waals surface area (Å²) in [4.78, 5) is 15.9. The summed E-state index contributed by atoms with van der Waals surface area (Å²) in [6.07, 6.45) is 11.5. The van der Waals surface area contributed by atoms with Gasteiger partial charge in [0.1, 0.15) is 0 Å². The van der Waals surface area contributed by atoms with Crippen LogP contribution in [0.15, 0.2) is 30.7 Å². The van der Waals surface area contributed by atoms with Crippen LogP contribution in [0.4, 0.5) is 5.95 Å². The van der Waals surface area contributed by atoms with Gasteiger partial charge in [-0.2, -0.15) is 0 Å². The quantitative estimate of drug-likeness (QED) is 0.656. The van der Waals surface area contributed by atoms with Crippen LogP contribution in [0.3, 0.4) is 0 Å². The molecule has 1 saturated carbocycles. The van der Waals surface area contributed by atoms with Gasteiger partial charge in [0.2, 0.25) is 11.8 Å². The molecule has 0 bridgehead atoms. The van der Waals surface area contributed by atoms with Crippen LogP contribution in [-0.4, -0.2) is 44.3 Å². The second kappa shape index (κ2) is 7.37. The van der Waals surface area contributed by atoms with Gasteiger partial charge in [-0.15, -0.1) is 5.10 Å². The smallest absolute Gasteiger partial charge is 0.231 e. The summed E-state index contributed by atoms with van der Waals surface area (Å²) in [7, 11) is 0. The maximum atomic E-state index is 6.00. The number of rotatable bonds is 6. The largest absolute Gasteiger partial charge is 0.476 e. The van der Waals surface area contributed by atoms with Crippen LogP contribution < -0.4 is 9.64 Å². The Morgan fingerprint density at radius 3 is 2.57 bits per heavy atom. The van der Waals surface area contributed by atoms with Crippen molar-refractivity contribution in [3.63, 3.8) is 0 Å². The Labute approximate surface area is 164 Å². The minimum Gasteiger partial charge on any atom is -0.476 e. The van der Waals surface area contributed by atoms with E-state index in [9.17, 15) is 0 Å². The van der Waals surface area contributed by atoms with Gasteiger partial charge in [-0.3, -0.25) is 0 Å². The lowest BCUT2D eigenvalue weighted by molar-refractivity contribution is 0.213. The van der Waals surface area contributed by atoms with Crippen LogP contribution >= 0.6 is 0 Å². The molecule has 2 aliphatic rings. The fourth-order valence-electron chi connectivity index (χ4n) is 3.73. The Bertz CT molecular complexity index is 941. The third-order valence-corrected chi connectivity index (χ3v) is 5.77. The fraction of sp³-hybridized carbons (Fsp3) is 0.524. The molecule has 4 heterocycles. The Kier molecular flexibility index (Phi) is 4.58. The zero-order chi connectivity index (χ0) is 18.9. The highest BCUT2D eigenvalue weighted by Gasteiger charge is 2.26. The number of piperidine rings is 1. The molecule has 28 heavy (non-hydrogen) atoms. The van der Waals surface area contributed by atoms with Crippen LogP contribution in [0.5, 0.6) is 5.88 Å². The van der Waals surface area contributed by atoms with E-state index >= 15 is 0 Å². The highest BCUT2D eigenvalue weighted by atomic mass is 16.5. The van der Waals surface area contributed by atoms with Gasteiger partial charge < -0.3 is 9.64 Å². The average molecular weight is 378 g/mol. The predicted octanol–water partition coefficient (Wildman–Crippen LogP) is 3.25. The number of ether oxygens (including phenoxy) is 1. The monoisotopic (exact) mass is 378 g/mol. The molecule has 0 atom stereocenters. The first kappa shape index (κ1) is 17.4. The fourth-order valence-corrected chi connectivity index (χ4v) is 3.73. The van der Waals surface area contributed by atoms with Crippen molar-refractivity contribution in [1.29, 1.82) is 0 Å². The average Bonchev–Trinajstić information content (AvgIpc) is 3.52. The number of nitrogens with zero attached hydrogens (tertiary/aromatic N) is 6. The van der Waals surface area contributed by atoms with Gasteiger partial charge in [-0.25, -0.2) is 19.5 Å². The summed E-state index contributed by atoms with van der Waals surface area (Å²) in [5, 5.41) is 4.57. The van der Waals surface area contributed by atoms with E-state index in [1.54, 1.807) is 0 Å². The summed E-state index contributed by atoms with van der Waals surface area (Å²) in [6.45, 7) is 4.76. The Balaban J connectivity index is 1.15. The maximum Gasteiger partial charge on any atom is 0.231 e. The maximum absolute atomic E-state index is 6.00. The zero-order valence-electron chi connectivity index (χ0n) is 16.3. The molecule has 2 fully saturated rings. The molecule has 1 aliphatic heterocycles. The van der Waals surface area contributed by atoms with Gasteiger partial charge in [0.25, 0.3) is 0 Å². The highest BCUT2D eigenvalue weighted by molar-refractivity contribution is 5.41. The first-order chi connectivity index (χ1) is 13.8. The standard InChI is InChI=1S/C21H26N6O/c1-2-15-11-22-21(23-12-15)26-9-7-16(8-10-26)14-28-20-6-5-19-24-18(17-3-4-17)13-27(19)25-20/h5-6,11-13,16-17H,2-4,7-10,14H2,1H3. The van der Waals surface area contributed by atoms with Crippen molar-refractivity contribution in [1.82, 2.24) is 24.6 Å². The molecular formula is C21H26N6O. The van der Waals surface area contributed by atoms with Crippen molar-refractivity contribution in [3.8, 4) is 5.88 Å². The number of hydrogen-bond donors (Lipinski definition) is 0. The van der Waals surface area contributed by atoms with Crippen LogP contribution in [0.2, 0.25) is 0 Å². The number of imidazole rings is 1. The lowest BCUT2D eigenvalue weighted by Crippen LogP contribution is -2.36. The minimum atomic E-state index is 0.536. The third kappa shape index (κ3) is 3.66. The Hall–Kier alpha value is -2.70. The van der Waals surface area contributed by atoms with E-state index in [0.29, 0.717) is 24.3 Å². The van der Waals surface area contributed by atoms with Crippen molar-refractivity contribution in [3.05, 3.63) is 42.0 Å². The lowest BCUT2D eigenvalue weighted by Gasteiger charge is -2.31. The summed E-state index contributed by atoms with van der Waals surface area (Å²) < 4.78 is 7.85. The van der Waals surface area contributed by atoms with Gasteiger partial charge >= 0.3 is 0 Å². The molecule has 5 rings (SSSR count). The number of hydrogen-bond acceptors (Lipinski definition) is 6. The second-order valence-electron chi connectivity index (χ2n) is 7.90. The van der Waals surface area contributed by atoms with Gasteiger partial charge in [-0.05, 0) is 49.7 Å². The van der Waals surface area contributed by atoms with Crippen LogP contribution in [0, 0.1) is 5.92 Å². The lowest BCUT2D eigenvalue weighted by atomic mass is 9.98. The van der Waals surface area contributed by atoms with Crippen LogP contribution in [-0.2, 0) is 6.42 Å². The number of aromatic nitrogens is 5. The van der Waals surface area contributed by atoms with Crippen LogP contribution in [0.25, 0.3) is 5.65 Å². The van der Waals surface area contributed by atoms with Crippen molar-refractivity contribution in [2.24, 2.45) is 5.92 Å². The molecule has 3 aromatic heterocycles. The third-order valence-electron chi connectivity index (χ3n) is 5.77. The summed E-state index contributed by atoms with van der Waals surface area (Å²) >= 11 is 0. The van der Waals surface area contributed by atoms with Gasteiger partial charge in [0, 0.05) is 37.5 Å². The molecule has 0 spiro atoms. The Morgan fingerprint density at radius 2 is 1.86 bits per heavy atom. The molecule has 0 amide bonds. The molecule has 0 radical (unpaired) electrons. The number of fused-ring (bicyclic) bond motifs is 1. The summed E-state index contributed by atoms with van der Waals surface area (Å²) in [5.74, 6) is 2.69. The van der Waals surface area contributed by atoms with E-state index in [2.05, 4.69) is 31.9 Å². The normalized spacial score (nSPS) is 18.0. The molecule has 0 aromatic carbocycles. The van der Waals surface area contributed by atoms with E-state index in [-0.39, 0.29) is 0 Å². The van der Waals surface area contributed by atoms with Crippen molar-refractivity contribution in [2.45, 2.75) is 44.9 Å². The summed E-state index contributed by atoms with van der Waals surface area (Å²) in [6, 6.07) is 3.92. The van der Waals surface area contributed by atoms with Crippen molar-refractivity contribution >= 4 is 11.6 Å². The van der Waals surface area contributed by atoms with Crippen molar-refractivity contribution < 1.29 is 4.74 Å². The second-order valence-corrected chi connectivity index (χ2v) is 7.90. The predicted molar refractivity (Wildman–Crippen MR) is 107 cm³/mol. The SMILES string of the molecule is CCc1cnc(N2CCC(COc3ccc4nc(C5CC5)cn4n3)CC2)nc1. The molecule has 7 heteroatoms. The van der Waals surface area contributed by atoms with E-state index in [4.69, 9.17) is 4.74 Å². The number of aryl methyl sites for hydroxylation is 1. The zero-order valence-corrected chi connectivity index (χ0v) is 16.3.